The zero-order valence-electron chi connectivity index (χ0n) is 9.82. The largest absolute Gasteiger partial charge is 0.481 e. The highest BCUT2D eigenvalue weighted by molar-refractivity contribution is 7.93. The second kappa shape index (κ2) is 4.97. The van der Waals surface area contributed by atoms with Gasteiger partial charge in [0.15, 0.2) is 0 Å². The van der Waals surface area contributed by atoms with Crippen LogP contribution in [0.15, 0.2) is 30.3 Å². The molecule has 18 heavy (non-hydrogen) atoms. The highest BCUT2D eigenvalue weighted by atomic mass is 32.2. The smallest absolute Gasteiger partial charge is 0.303 e. The minimum Gasteiger partial charge on any atom is -0.481 e. The number of rotatable bonds is 4. The lowest BCUT2D eigenvalue weighted by Gasteiger charge is -2.18. The van der Waals surface area contributed by atoms with E-state index < -0.39 is 21.2 Å². The Morgan fingerprint density at radius 1 is 1.33 bits per heavy atom. The van der Waals surface area contributed by atoms with Crippen molar-refractivity contribution in [1.29, 1.82) is 0 Å². The lowest BCUT2D eigenvalue weighted by Crippen LogP contribution is -2.29. The molecule has 0 amide bonds. The van der Waals surface area contributed by atoms with Gasteiger partial charge >= 0.3 is 5.97 Å². The van der Waals surface area contributed by atoms with Crippen LogP contribution in [0.2, 0.25) is 0 Å². The van der Waals surface area contributed by atoms with Crippen LogP contribution < -0.4 is 4.31 Å². The summed E-state index contributed by atoms with van der Waals surface area (Å²) in [6, 6.07) is 8.90. The van der Waals surface area contributed by atoms with Gasteiger partial charge in [0.25, 0.3) is 0 Å². The predicted octanol–water partition coefficient (Wildman–Crippen LogP) is 1.46. The molecule has 1 heterocycles. The van der Waals surface area contributed by atoms with Crippen molar-refractivity contribution in [2.45, 2.75) is 24.5 Å². The van der Waals surface area contributed by atoms with E-state index in [1.807, 2.05) is 6.07 Å². The molecule has 1 unspecified atom stereocenters. The lowest BCUT2D eigenvalue weighted by molar-refractivity contribution is -0.137. The summed E-state index contributed by atoms with van der Waals surface area (Å²) in [6.45, 7) is 0.427. The topological polar surface area (TPSA) is 74.7 Å². The standard InChI is InChI=1S/C12H15NO4S/c14-12(15)7-6-11-8-9-13(18(11,16)17)10-4-2-1-3-5-10/h1-5,11H,6-9H2,(H,14,15). The van der Waals surface area contributed by atoms with Crippen molar-refractivity contribution in [3.63, 3.8) is 0 Å². The SMILES string of the molecule is O=C(O)CCC1CCN(c2ccccc2)S1(=O)=O. The summed E-state index contributed by atoms with van der Waals surface area (Å²) in [5.74, 6) is -0.955. The van der Waals surface area contributed by atoms with E-state index in [1.54, 1.807) is 24.3 Å². The average Bonchev–Trinajstić information content (AvgIpc) is 2.62. The summed E-state index contributed by atoms with van der Waals surface area (Å²) in [7, 11) is -3.41. The second-order valence-electron chi connectivity index (χ2n) is 4.30. The Balaban J connectivity index is 2.16. The average molecular weight is 269 g/mol. The van der Waals surface area contributed by atoms with Crippen molar-refractivity contribution >= 4 is 21.7 Å². The minimum absolute atomic E-state index is 0.105. The molecule has 1 atom stereocenters. The van der Waals surface area contributed by atoms with Gasteiger partial charge in [-0.3, -0.25) is 9.10 Å². The summed E-state index contributed by atoms with van der Waals surface area (Å²) in [4.78, 5) is 10.5. The van der Waals surface area contributed by atoms with E-state index >= 15 is 0 Å². The first-order valence-corrected chi connectivity index (χ1v) is 7.30. The van der Waals surface area contributed by atoms with Gasteiger partial charge < -0.3 is 5.11 Å². The van der Waals surface area contributed by atoms with Crippen molar-refractivity contribution in [2.24, 2.45) is 0 Å². The summed E-state index contributed by atoms with van der Waals surface area (Å²) in [5.41, 5.74) is 0.648. The molecule has 1 N–H and O–H groups in total. The van der Waals surface area contributed by atoms with Crippen molar-refractivity contribution in [1.82, 2.24) is 0 Å². The Bertz CT molecular complexity index is 526. The van der Waals surface area contributed by atoms with E-state index in [1.165, 1.54) is 4.31 Å². The summed E-state index contributed by atoms with van der Waals surface area (Å²) >= 11 is 0. The van der Waals surface area contributed by atoms with E-state index in [0.717, 1.165) is 0 Å². The van der Waals surface area contributed by atoms with E-state index in [4.69, 9.17) is 5.11 Å². The molecule has 98 valence electrons. The molecule has 5 nitrogen and oxygen atoms in total. The Hall–Kier alpha value is -1.56. The molecule has 6 heteroatoms. The zero-order chi connectivity index (χ0) is 13.2. The van der Waals surface area contributed by atoms with Gasteiger partial charge in [-0.2, -0.15) is 0 Å². The summed E-state index contributed by atoms with van der Waals surface area (Å²) in [6.07, 6.45) is 0.567. The number of carboxylic acids is 1. The summed E-state index contributed by atoms with van der Waals surface area (Å²) < 4.78 is 25.9. The van der Waals surface area contributed by atoms with Gasteiger partial charge in [0.2, 0.25) is 10.0 Å². The molecule has 1 aromatic rings. The molecule has 0 spiro atoms. The van der Waals surface area contributed by atoms with Crippen LogP contribution in [0.1, 0.15) is 19.3 Å². The Morgan fingerprint density at radius 2 is 2.00 bits per heavy atom. The van der Waals surface area contributed by atoms with Gasteiger partial charge in [-0.15, -0.1) is 0 Å². The van der Waals surface area contributed by atoms with E-state index in [9.17, 15) is 13.2 Å². The van der Waals surface area contributed by atoms with E-state index in [0.29, 0.717) is 18.7 Å². The van der Waals surface area contributed by atoms with Crippen LogP contribution in [0.5, 0.6) is 0 Å². The van der Waals surface area contributed by atoms with E-state index in [2.05, 4.69) is 0 Å². The first-order chi connectivity index (χ1) is 8.51. The Kier molecular flexibility index (Phi) is 3.56. The molecule has 0 radical (unpaired) electrons. The number of hydrogen-bond donors (Lipinski definition) is 1. The third-order valence-corrected chi connectivity index (χ3v) is 5.43. The third kappa shape index (κ3) is 2.48. The quantitative estimate of drug-likeness (QED) is 0.898. The monoisotopic (exact) mass is 269 g/mol. The number of sulfonamides is 1. The molecule has 1 aliphatic heterocycles. The first kappa shape index (κ1) is 12.9. The number of hydrogen-bond acceptors (Lipinski definition) is 3. The first-order valence-electron chi connectivity index (χ1n) is 5.80. The number of benzene rings is 1. The van der Waals surface area contributed by atoms with Crippen LogP contribution in [0, 0.1) is 0 Å². The molecular weight excluding hydrogens is 254 g/mol. The molecule has 2 rings (SSSR count). The minimum atomic E-state index is -3.41. The molecule has 1 aromatic carbocycles. The maximum atomic E-state index is 12.2. The van der Waals surface area contributed by atoms with Gasteiger partial charge in [-0.05, 0) is 25.0 Å². The molecule has 1 aliphatic rings. The maximum absolute atomic E-state index is 12.2. The van der Waals surface area contributed by atoms with Crippen molar-refractivity contribution in [2.75, 3.05) is 10.8 Å². The molecule has 0 bridgehead atoms. The third-order valence-electron chi connectivity index (χ3n) is 3.11. The van der Waals surface area contributed by atoms with Crippen molar-refractivity contribution < 1.29 is 18.3 Å². The highest BCUT2D eigenvalue weighted by Gasteiger charge is 2.38. The number of carbonyl (C=O) groups is 1. The van der Waals surface area contributed by atoms with Crippen LogP contribution in [0.25, 0.3) is 0 Å². The molecule has 0 saturated carbocycles. The Labute approximate surface area is 106 Å². The van der Waals surface area contributed by atoms with Crippen LogP contribution >= 0.6 is 0 Å². The van der Waals surface area contributed by atoms with Gasteiger partial charge in [0.05, 0.1) is 10.9 Å². The molecule has 1 fully saturated rings. The second-order valence-corrected chi connectivity index (χ2v) is 6.43. The zero-order valence-corrected chi connectivity index (χ0v) is 10.6. The molecule has 0 aromatic heterocycles. The van der Waals surface area contributed by atoms with Gasteiger partial charge in [-0.25, -0.2) is 8.42 Å². The van der Waals surface area contributed by atoms with Crippen LogP contribution in [-0.2, 0) is 14.8 Å². The fourth-order valence-corrected chi connectivity index (χ4v) is 4.12. The van der Waals surface area contributed by atoms with Gasteiger partial charge in [-0.1, -0.05) is 18.2 Å². The van der Waals surface area contributed by atoms with Crippen LogP contribution in [0.3, 0.4) is 0 Å². The highest BCUT2D eigenvalue weighted by Crippen LogP contribution is 2.30. The predicted molar refractivity (Wildman–Crippen MR) is 68.0 cm³/mol. The van der Waals surface area contributed by atoms with Crippen LogP contribution in [-0.4, -0.2) is 31.3 Å². The number of para-hydroxylation sites is 1. The molecule has 1 saturated heterocycles. The fraction of sp³-hybridized carbons (Fsp3) is 0.417. The summed E-state index contributed by atoms with van der Waals surface area (Å²) in [5, 5.41) is 8.04. The lowest BCUT2D eigenvalue weighted by atomic mass is 10.2. The Morgan fingerprint density at radius 3 is 2.61 bits per heavy atom. The van der Waals surface area contributed by atoms with Gasteiger partial charge in [0.1, 0.15) is 0 Å². The fourth-order valence-electron chi connectivity index (χ4n) is 2.17. The normalized spacial score (nSPS) is 22.0. The van der Waals surface area contributed by atoms with Crippen LogP contribution in [0.4, 0.5) is 5.69 Å². The van der Waals surface area contributed by atoms with Crippen molar-refractivity contribution in [3.05, 3.63) is 30.3 Å². The van der Waals surface area contributed by atoms with E-state index in [-0.39, 0.29) is 12.8 Å². The number of anilines is 1. The number of nitrogens with zero attached hydrogens (tertiary/aromatic N) is 1. The molecule has 0 aliphatic carbocycles. The van der Waals surface area contributed by atoms with Crippen molar-refractivity contribution in [3.8, 4) is 0 Å². The maximum Gasteiger partial charge on any atom is 0.303 e. The number of carboxylic acid groups (broad SMARTS) is 1. The number of aliphatic carboxylic acids is 1. The molecular formula is C12H15NO4S. The van der Waals surface area contributed by atoms with Gasteiger partial charge in [0, 0.05) is 13.0 Å².